The van der Waals surface area contributed by atoms with Gasteiger partial charge in [-0.3, -0.25) is 18.6 Å². The number of aromatic nitrogens is 4. The van der Waals surface area contributed by atoms with E-state index >= 15 is 0 Å². The van der Waals surface area contributed by atoms with Crippen LogP contribution >= 0.6 is 11.8 Å². The molecule has 0 N–H and O–H groups in total. The van der Waals surface area contributed by atoms with Gasteiger partial charge in [0.05, 0.1) is 22.7 Å². The van der Waals surface area contributed by atoms with Crippen LogP contribution in [0.2, 0.25) is 0 Å². The lowest BCUT2D eigenvalue weighted by atomic mass is 9.87. The molecule has 0 bridgehead atoms. The van der Waals surface area contributed by atoms with Crippen LogP contribution in [0.3, 0.4) is 0 Å². The molecular weight excluding hydrogens is 458 g/mol. The average molecular weight is 490 g/mol. The number of nitrogens with zero attached hydrogens (tertiary/aromatic N) is 5. The molecule has 1 aliphatic rings. The molecule has 35 heavy (non-hydrogen) atoms. The van der Waals surface area contributed by atoms with Gasteiger partial charge in [-0.15, -0.1) is 10.2 Å². The first-order valence-corrected chi connectivity index (χ1v) is 13.3. The molecule has 2 heterocycles. The normalized spacial score (nSPS) is 15.6. The number of carbonyl (C=O) groups excluding carboxylic acids is 1. The molecule has 0 fully saturated rings. The first-order valence-electron chi connectivity index (χ1n) is 12.3. The lowest BCUT2D eigenvalue weighted by Crippen LogP contribution is -2.34. The second-order valence-electron chi connectivity index (χ2n) is 9.67. The van der Waals surface area contributed by atoms with Crippen LogP contribution in [0.15, 0.2) is 58.5 Å². The maximum atomic E-state index is 13.2. The van der Waals surface area contributed by atoms with Gasteiger partial charge in [-0.05, 0) is 54.9 Å². The summed E-state index contributed by atoms with van der Waals surface area (Å²) in [5, 5.41) is 10.0. The van der Waals surface area contributed by atoms with E-state index in [0.29, 0.717) is 28.8 Å². The summed E-state index contributed by atoms with van der Waals surface area (Å²) in [6.45, 7) is 4.86. The first kappa shape index (κ1) is 23.6. The Morgan fingerprint density at radius 3 is 2.74 bits per heavy atom. The predicted molar refractivity (Wildman–Crippen MR) is 140 cm³/mol. The van der Waals surface area contributed by atoms with E-state index in [2.05, 4.69) is 48.3 Å². The zero-order valence-electron chi connectivity index (χ0n) is 20.5. The molecule has 4 aromatic rings. The fourth-order valence-corrected chi connectivity index (χ4v) is 5.81. The van der Waals surface area contributed by atoms with Crippen molar-refractivity contribution in [2.45, 2.75) is 57.3 Å². The summed E-state index contributed by atoms with van der Waals surface area (Å²) in [6.07, 6.45) is 4.00. The number of amides is 1. The number of benzene rings is 2. The monoisotopic (exact) mass is 489 g/mol. The maximum absolute atomic E-state index is 13.2. The molecule has 2 aromatic carbocycles. The van der Waals surface area contributed by atoms with Gasteiger partial charge in [0, 0.05) is 13.6 Å². The number of carbonyl (C=O) groups is 1. The smallest absolute Gasteiger partial charge is 0.262 e. The summed E-state index contributed by atoms with van der Waals surface area (Å²) in [6, 6.07) is 16.1. The Morgan fingerprint density at radius 2 is 1.91 bits per heavy atom. The third-order valence-corrected chi connectivity index (χ3v) is 7.85. The van der Waals surface area contributed by atoms with Gasteiger partial charge in [-0.2, -0.15) is 0 Å². The van der Waals surface area contributed by atoms with Crippen molar-refractivity contribution in [2.75, 3.05) is 12.8 Å². The standard InChI is InChI=1S/C27H31N5O2S/c1-18(2)15-16-31-25(34)21-12-6-7-13-23(21)32-26(31)28-29-27(32)35-17-24(33)30(3)22-14-8-10-19-9-4-5-11-20(19)22/h4-7,9,11-13,18,22H,8,10,14-17H2,1-3H3. The minimum atomic E-state index is -0.0514. The zero-order valence-corrected chi connectivity index (χ0v) is 21.3. The van der Waals surface area contributed by atoms with Crippen molar-refractivity contribution in [1.29, 1.82) is 0 Å². The highest BCUT2D eigenvalue weighted by atomic mass is 32.2. The SMILES string of the molecule is CC(C)CCn1c(=O)c2ccccc2n2c(SCC(=O)N(C)C3CCCc4ccccc43)nnc12. The fraction of sp³-hybridized carbons (Fsp3) is 0.407. The van der Waals surface area contributed by atoms with Crippen molar-refractivity contribution < 1.29 is 4.79 Å². The van der Waals surface area contributed by atoms with Gasteiger partial charge in [-0.1, -0.05) is 62.0 Å². The van der Waals surface area contributed by atoms with Gasteiger partial charge in [0.2, 0.25) is 11.7 Å². The van der Waals surface area contributed by atoms with Crippen molar-refractivity contribution in [3.05, 3.63) is 70.0 Å². The molecule has 2 aromatic heterocycles. The molecule has 1 aliphatic carbocycles. The largest absolute Gasteiger partial charge is 0.338 e. The van der Waals surface area contributed by atoms with Gasteiger partial charge in [0.15, 0.2) is 5.16 Å². The topological polar surface area (TPSA) is 72.5 Å². The molecule has 0 aliphatic heterocycles. The van der Waals surface area contributed by atoms with Crippen molar-refractivity contribution in [2.24, 2.45) is 5.92 Å². The molecule has 0 saturated heterocycles. The van der Waals surface area contributed by atoms with E-state index in [1.807, 2.05) is 40.6 Å². The second kappa shape index (κ2) is 9.85. The molecular formula is C27H31N5O2S. The van der Waals surface area contributed by atoms with Crippen LogP contribution in [0.25, 0.3) is 16.7 Å². The van der Waals surface area contributed by atoms with Gasteiger partial charge in [-0.25, -0.2) is 0 Å². The highest BCUT2D eigenvalue weighted by molar-refractivity contribution is 7.99. The molecule has 1 unspecified atom stereocenters. The minimum Gasteiger partial charge on any atom is -0.338 e. The van der Waals surface area contributed by atoms with E-state index in [1.54, 1.807) is 4.57 Å². The van der Waals surface area contributed by atoms with Crippen LogP contribution < -0.4 is 5.56 Å². The number of rotatable bonds is 7. The molecule has 7 nitrogen and oxygen atoms in total. The molecule has 182 valence electrons. The molecule has 1 atom stereocenters. The van der Waals surface area contributed by atoms with E-state index in [4.69, 9.17) is 0 Å². The van der Waals surface area contributed by atoms with Gasteiger partial charge in [0.1, 0.15) is 0 Å². The summed E-state index contributed by atoms with van der Waals surface area (Å²) in [5.74, 6) is 1.31. The lowest BCUT2D eigenvalue weighted by molar-refractivity contribution is -0.129. The van der Waals surface area contributed by atoms with E-state index < -0.39 is 0 Å². The molecule has 0 radical (unpaired) electrons. The Kier molecular flexibility index (Phi) is 6.65. The van der Waals surface area contributed by atoms with Crippen LogP contribution in [0.5, 0.6) is 0 Å². The third-order valence-electron chi connectivity index (χ3n) is 6.93. The maximum Gasteiger partial charge on any atom is 0.262 e. The average Bonchev–Trinajstić information content (AvgIpc) is 3.30. The fourth-order valence-electron chi connectivity index (χ4n) is 4.95. The number of thioether (sulfide) groups is 1. The van der Waals surface area contributed by atoms with Crippen LogP contribution in [-0.4, -0.2) is 42.8 Å². The first-order chi connectivity index (χ1) is 17.0. The minimum absolute atomic E-state index is 0.0514. The van der Waals surface area contributed by atoms with E-state index in [0.717, 1.165) is 31.2 Å². The van der Waals surface area contributed by atoms with Gasteiger partial charge in [0.25, 0.3) is 5.56 Å². The highest BCUT2D eigenvalue weighted by Crippen LogP contribution is 2.34. The molecule has 8 heteroatoms. The van der Waals surface area contributed by atoms with E-state index in [-0.39, 0.29) is 23.3 Å². The number of fused-ring (bicyclic) bond motifs is 4. The summed E-state index contributed by atoms with van der Waals surface area (Å²) < 4.78 is 3.64. The zero-order chi connectivity index (χ0) is 24.5. The number of hydrogen-bond acceptors (Lipinski definition) is 5. The van der Waals surface area contributed by atoms with Crippen molar-refractivity contribution in [3.8, 4) is 0 Å². The molecule has 5 rings (SSSR count). The third kappa shape index (κ3) is 4.47. The van der Waals surface area contributed by atoms with Crippen LogP contribution in [0, 0.1) is 5.92 Å². The van der Waals surface area contributed by atoms with Crippen molar-refractivity contribution in [1.82, 2.24) is 24.1 Å². The Labute approximate surface area is 209 Å². The Bertz CT molecular complexity index is 1440. The van der Waals surface area contributed by atoms with E-state index in [1.165, 1.54) is 22.9 Å². The lowest BCUT2D eigenvalue weighted by Gasteiger charge is -2.33. The van der Waals surface area contributed by atoms with Crippen LogP contribution in [0.4, 0.5) is 0 Å². The van der Waals surface area contributed by atoms with Gasteiger partial charge >= 0.3 is 0 Å². The molecule has 0 spiro atoms. The number of hydrogen-bond donors (Lipinski definition) is 0. The molecule has 1 amide bonds. The quantitative estimate of drug-likeness (QED) is 0.351. The van der Waals surface area contributed by atoms with Crippen LogP contribution in [0.1, 0.15) is 50.3 Å². The number of para-hydroxylation sites is 1. The number of aryl methyl sites for hydroxylation is 2. The molecule has 0 saturated carbocycles. The highest BCUT2D eigenvalue weighted by Gasteiger charge is 2.27. The second-order valence-corrected chi connectivity index (χ2v) is 10.6. The van der Waals surface area contributed by atoms with Gasteiger partial charge < -0.3 is 4.90 Å². The van der Waals surface area contributed by atoms with Crippen molar-refractivity contribution >= 4 is 34.3 Å². The Hall–Kier alpha value is -3.13. The summed E-state index contributed by atoms with van der Waals surface area (Å²) in [5.41, 5.74) is 3.31. The summed E-state index contributed by atoms with van der Waals surface area (Å²) >= 11 is 1.37. The van der Waals surface area contributed by atoms with Crippen molar-refractivity contribution in [3.63, 3.8) is 0 Å². The van der Waals surface area contributed by atoms with E-state index in [9.17, 15) is 9.59 Å². The summed E-state index contributed by atoms with van der Waals surface area (Å²) in [4.78, 5) is 28.3. The summed E-state index contributed by atoms with van der Waals surface area (Å²) in [7, 11) is 1.90. The Balaban J connectivity index is 1.43. The Morgan fingerprint density at radius 1 is 1.14 bits per heavy atom. The van der Waals surface area contributed by atoms with Crippen LogP contribution in [-0.2, 0) is 17.8 Å². The predicted octanol–water partition coefficient (Wildman–Crippen LogP) is 4.72.